The van der Waals surface area contributed by atoms with E-state index in [1.165, 1.54) is 15.5 Å². The average Bonchev–Trinajstić information content (AvgIpc) is 2.97. The Hall–Kier alpha value is -2.96. The van der Waals surface area contributed by atoms with Crippen molar-refractivity contribution in [1.82, 2.24) is 24.5 Å². The molecule has 2 heterocycles. The van der Waals surface area contributed by atoms with E-state index >= 15 is 0 Å². The van der Waals surface area contributed by atoms with Gasteiger partial charge in [0.05, 0.1) is 0 Å². The van der Waals surface area contributed by atoms with E-state index in [1.54, 1.807) is 6.07 Å². The van der Waals surface area contributed by atoms with Crippen LogP contribution in [0.5, 0.6) is 0 Å². The van der Waals surface area contributed by atoms with E-state index in [1.807, 2.05) is 37.3 Å². The van der Waals surface area contributed by atoms with Crippen LogP contribution in [-0.4, -0.2) is 31.1 Å². The molecule has 0 atom stereocenters. The largest absolute Gasteiger partial charge is 0.352 e. The van der Waals surface area contributed by atoms with Gasteiger partial charge < -0.3 is 5.32 Å². The smallest absolute Gasteiger partial charge is 0.352 e. The fourth-order valence-electron chi connectivity index (χ4n) is 3.69. The van der Waals surface area contributed by atoms with Crippen molar-refractivity contribution in [1.29, 1.82) is 0 Å². The van der Waals surface area contributed by atoms with Crippen molar-refractivity contribution in [2.45, 2.75) is 51.6 Å². The second-order valence-corrected chi connectivity index (χ2v) is 7.12. The second-order valence-electron chi connectivity index (χ2n) is 7.12. The zero-order chi connectivity index (χ0) is 18.8. The molecule has 0 unspecified atom stereocenters. The summed E-state index contributed by atoms with van der Waals surface area (Å²) < 4.78 is 2.69. The monoisotopic (exact) mass is 365 g/mol. The molecule has 3 aromatic rings. The SMILES string of the molecule is Cc1cc2nn(CC(=O)NC3CCCCC3)c(=O)n2c(-c2ccccc2)n1. The van der Waals surface area contributed by atoms with E-state index in [0.29, 0.717) is 11.5 Å². The molecule has 2 aromatic heterocycles. The van der Waals surface area contributed by atoms with Gasteiger partial charge in [0, 0.05) is 23.4 Å². The molecule has 1 aromatic carbocycles. The standard InChI is InChI=1S/C20H23N5O2/c1-14-12-17-23-24(13-18(26)22-16-10-6-3-7-11-16)20(27)25(17)19(21-14)15-8-4-2-5-9-15/h2,4-5,8-9,12,16H,3,6-7,10-11,13H2,1H3,(H,22,26). The maximum absolute atomic E-state index is 12.9. The highest BCUT2D eigenvalue weighted by molar-refractivity contribution is 5.76. The summed E-state index contributed by atoms with van der Waals surface area (Å²) in [6.07, 6.45) is 5.53. The fourth-order valence-corrected chi connectivity index (χ4v) is 3.69. The number of hydrogen-bond donors (Lipinski definition) is 1. The Kier molecular flexibility index (Phi) is 4.75. The number of rotatable bonds is 4. The number of nitrogens with zero attached hydrogens (tertiary/aromatic N) is 4. The minimum Gasteiger partial charge on any atom is -0.352 e. The molecule has 1 amide bonds. The third kappa shape index (κ3) is 3.63. The minimum atomic E-state index is -0.352. The number of aromatic nitrogens is 4. The fraction of sp³-hybridized carbons (Fsp3) is 0.400. The first-order valence-electron chi connectivity index (χ1n) is 9.44. The van der Waals surface area contributed by atoms with Crippen LogP contribution in [0.15, 0.2) is 41.2 Å². The summed E-state index contributed by atoms with van der Waals surface area (Å²) in [6, 6.07) is 11.5. The van der Waals surface area contributed by atoms with Crippen LogP contribution in [0.1, 0.15) is 37.8 Å². The number of aryl methyl sites for hydroxylation is 1. The molecule has 1 N–H and O–H groups in total. The van der Waals surface area contributed by atoms with Crippen LogP contribution in [0, 0.1) is 6.92 Å². The lowest BCUT2D eigenvalue weighted by Crippen LogP contribution is -2.40. The lowest BCUT2D eigenvalue weighted by molar-refractivity contribution is -0.122. The van der Waals surface area contributed by atoms with Crippen molar-refractivity contribution < 1.29 is 4.79 Å². The van der Waals surface area contributed by atoms with Gasteiger partial charge in [-0.3, -0.25) is 4.79 Å². The molecule has 4 rings (SSSR count). The summed E-state index contributed by atoms with van der Waals surface area (Å²) in [5.74, 6) is 0.368. The molecule has 1 saturated carbocycles. The molecule has 1 aliphatic carbocycles. The van der Waals surface area contributed by atoms with Crippen LogP contribution in [0.3, 0.4) is 0 Å². The Morgan fingerprint density at radius 3 is 2.67 bits per heavy atom. The molecule has 0 aliphatic heterocycles. The molecule has 0 radical (unpaired) electrons. The van der Waals surface area contributed by atoms with E-state index in [-0.39, 0.29) is 24.2 Å². The number of fused-ring (bicyclic) bond motifs is 1. The lowest BCUT2D eigenvalue weighted by atomic mass is 9.95. The van der Waals surface area contributed by atoms with E-state index in [2.05, 4.69) is 15.4 Å². The van der Waals surface area contributed by atoms with Crippen molar-refractivity contribution in [2.24, 2.45) is 0 Å². The molecule has 1 fully saturated rings. The lowest BCUT2D eigenvalue weighted by Gasteiger charge is -2.22. The van der Waals surface area contributed by atoms with Gasteiger partial charge in [-0.1, -0.05) is 49.6 Å². The Morgan fingerprint density at radius 2 is 1.93 bits per heavy atom. The zero-order valence-electron chi connectivity index (χ0n) is 15.4. The summed E-state index contributed by atoms with van der Waals surface area (Å²) in [5, 5.41) is 7.39. The quantitative estimate of drug-likeness (QED) is 0.769. The van der Waals surface area contributed by atoms with Crippen molar-refractivity contribution in [3.8, 4) is 11.4 Å². The highest BCUT2D eigenvalue weighted by Crippen LogP contribution is 2.18. The molecule has 27 heavy (non-hydrogen) atoms. The minimum absolute atomic E-state index is 0.0791. The molecule has 0 saturated heterocycles. The molecule has 7 nitrogen and oxygen atoms in total. The van der Waals surface area contributed by atoms with Gasteiger partial charge in [-0.25, -0.2) is 18.9 Å². The van der Waals surface area contributed by atoms with Gasteiger partial charge in [-0.05, 0) is 19.8 Å². The van der Waals surface area contributed by atoms with E-state index < -0.39 is 0 Å². The van der Waals surface area contributed by atoms with Gasteiger partial charge >= 0.3 is 5.69 Å². The van der Waals surface area contributed by atoms with Gasteiger partial charge in [0.25, 0.3) is 0 Å². The summed E-state index contributed by atoms with van der Waals surface area (Å²) in [6.45, 7) is 1.79. The Morgan fingerprint density at radius 1 is 1.19 bits per heavy atom. The number of carbonyl (C=O) groups excluding carboxylic acids is 1. The number of nitrogens with one attached hydrogen (secondary N) is 1. The first-order valence-corrected chi connectivity index (χ1v) is 9.44. The predicted octanol–water partition coefficient (Wildman–Crippen LogP) is 2.32. The van der Waals surface area contributed by atoms with Gasteiger partial charge in [0.2, 0.25) is 5.91 Å². The Labute approximate surface area is 157 Å². The normalized spacial score (nSPS) is 15.1. The Bertz CT molecular complexity index is 1020. The van der Waals surface area contributed by atoms with Crippen LogP contribution in [-0.2, 0) is 11.3 Å². The second kappa shape index (κ2) is 7.34. The summed E-state index contributed by atoms with van der Waals surface area (Å²) in [5.41, 5.74) is 1.75. The average molecular weight is 365 g/mol. The summed E-state index contributed by atoms with van der Waals surface area (Å²) in [7, 11) is 0. The van der Waals surface area contributed by atoms with Crippen LogP contribution >= 0.6 is 0 Å². The van der Waals surface area contributed by atoms with E-state index in [9.17, 15) is 9.59 Å². The highest BCUT2D eigenvalue weighted by Gasteiger charge is 2.19. The van der Waals surface area contributed by atoms with Crippen LogP contribution in [0.4, 0.5) is 0 Å². The van der Waals surface area contributed by atoms with Crippen LogP contribution in [0.25, 0.3) is 17.0 Å². The van der Waals surface area contributed by atoms with E-state index in [0.717, 1.165) is 36.9 Å². The maximum atomic E-state index is 12.9. The number of amides is 1. The van der Waals surface area contributed by atoms with Crippen molar-refractivity contribution >= 4 is 11.6 Å². The van der Waals surface area contributed by atoms with Crippen molar-refractivity contribution in [3.05, 3.63) is 52.6 Å². The molecular weight excluding hydrogens is 342 g/mol. The van der Waals surface area contributed by atoms with Crippen LogP contribution < -0.4 is 11.0 Å². The van der Waals surface area contributed by atoms with E-state index in [4.69, 9.17) is 0 Å². The molecule has 140 valence electrons. The molecule has 1 aliphatic rings. The highest BCUT2D eigenvalue weighted by atomic mass is 16.2. The Balaban J connectivity index is 1.66. The third-order valence-corrected chi connectivity index (χ3v) is 4.99. The first kappa shape index (κ1) is 17.5. The van der Waals surface area contributed by atoms with Gasteiger partial charge in [0.1, 0.15) is 12.4 Å². The van der Waals surface area contributed by atoms with Gasteiger partial charge in [0.15, 0.2) is 5.65 Å². The number of carbonyl (C=O) groups is 1. The number of benzene rings is 1. The van der Waals surface area contributed by atoms with Gasteiger partial charge in [-0.2, -0.15) is 0 Å². The molecule has 0 bridgehead atoms. The maximum Gasteiger partial charge on any atom is 0.352 e. The van der Waals surface area contributed by atoms with Gasteiger partial charge in [-0.15, -0.1) is 5.10 Å². The molecular formula is C20H23N5O2. The van der Waals surface area contributed by atoms with Crippen molar-refractivity contribution in [3.63, 3.8) is 0 Å². The summed E-state index contributed by atoms with van der Waals surface area (Å²) in [4.78, 5) is 29.8. The first-order chi connectivity index (χ1) is 13.1. The number of hydrogen-bond acceptors (Lipinski definition) is 4. The predicted molar refractivity (Wildman–Crippen MR) is 102 cm³/mol. The summed E-state index contributed by atoms with van der Waals surface area (Å²) >= 11 is 0. The van der Waals surface area contributed by atoms with Crippen LogP contribution in [0.2, 0.25) is 0 Å². The van der Waals surface area contributed by atoms with Crippen molar-refractivity contribution in [2.75, 3.05) is 0 Å². The third-order valence-electron chi connectivity index (χ3n) is 4.99. The zero-order valence-corrected chi connectivity index (χ0v) is 15.4. The topological polar surface area (TPSA) is 81.3 Å². The molecule has 7 heteroatoms. The molecule has 0 spiro atoms.